The first kappa shape index (κ1) is 19.0. The third-order valence-corrected chi connectivity index (χ3v) is 5.64. The Hall–Kier alpha value is -3.02. The molecule has 1 fully saturated rings. The maximum atomic E-state index is 6.23. The first-order valence-corrected chi connectivity index (χ1v) is 10.4. The molecule has 1 aliphatic heterocycles. The molecule has 5 nitrogen and oxygen atoms in total. The molecular weight excluding hydrogens is 398 g/mol. The van der Waals surface area contributed by atoms with Gasteiger partial charge < -0.3 is 19.8 Å². The normalized spacial score (nSPS) is 14.0. The highest BCUT2D eigenvalue weighted by Crippen LogP contribution is 2.26. The number of rotatable bonds is 6. The number of fused-ring (bicyclic) bond motifs is 1. The predicted molar refractivity (Wildman–Crippen MR) is 119 cm³/mol. The Morgan fingerprint density at radius 2 is 1.63 bits per heavy atom. The predicted octanol–water partition coefficient (Wildman–Crippen LogP) is 5.30. The number of imidazole rings is 1. The largest absolute Gasteiger partial charge is 0.457 e. The summed E-state index contributed by atoms with van der Waals surface area (Å²) in [6.45, 7) is 2.35. The van der Waals surface area contributed by atoms with Crippen LogP contribution in [0.3, 0.4) is 0 Å². The number of nitrogens with two attached hydrogens (primary N) is 1. The number of nitrogen functional groups attached to an aromatic ring is 1. The molecule has 0 bridgehead atoms. The summed E-state index contributed by atoms with van der Waals surface area (Å²) in [5.74, 6) is 2.66. The van der Waals surface area contributed by atoms with E-state index in [4.69, 9.17) is 26.8 Å². The van der Waals surface area contributed by atoms with Crippen molar-refractivity contribution < 1.29 is 9.47 Å². The van der Waals surface area contributed by atoms with Crippen LogP contribution < -0.4 is 10.5 Å². The topological polar surface area (TPSA) is 62.3 Å². The molecule has 4 aromatic rings. The molecule has 0 radical (unpaired) electrons. The second-order valence-electron chi connectivity index (χ2n) is 7.69. The second-order valence-corrected chi connectivity index (χ2v) is 8.12. The van der Waals surface area contributed by atoms with Crippen LogP contribution >= 0.6 is 11.6 Å². The first-order chi connectivity index (χ1) is 14.6. The first-order valence-electron chi connectivity index (χ1n) is 9.99. The molecule has 0 amide bonds. The van der Waals surface area contributed by atoms with Crippen molar-refractivity contribution in [3.05, 3.63) is 82.9 Å². The minimum Gasteiger partial charge on any atom is -0.457 e. The van der Waals surface area contributed by atoms with Crippen molar-refractivity contribution in [1.29, 1.82) is 0 Å². The van der Waals surface area contributed by atoms with Gasteiger partial charge >= 0.3 is 0 Å². The van der Waals surface area contributed by atoms with E-state index < -0.39 is 0 Å². The van der Waals surface area contributed by atoms with E-state index in [-0.39, 0.29) is 0 Å². The Balaban J connectivity index is 1.34. The van der Waals surface area contributed by atoms with Gasteiger partial charge in [-0.05, 0) is 66.1 Å². The summed E-state index contributed by atoms with van der Waals surface area (Å²) in [6.07, 6.45) is 1.03. The highest BCUT2D eigenvalue weighted by atomic mass is 35.5. The lowest BCUT2D eigenvalue weighted by molar-refractivity contribution is -0.0312. The monoisotopic (exact) mass is 419 g/mol. The van der Waals surface area contributed by atoms with Crippen molar-refractivity contribution in [1.82, 2.24) is 9.55 Å². The van der Waals surface area contributed by atoms with E-state index in [1.807, 2.05) is 48.5 Å². The van der Waals surface area contributed by atoms with Gasteiger partial charge in [-0.2, -0.15) is 0 Å². The van der Waals surface area contributed by atoms with Gasteiger partial charge in [-0.1, -0.05) is 29.8 Å². The van der Waals surface area contributed by atoms with Crippen LogP contribution in [0.4, 0.5) is 5.95 Å². The van der Waals surface area contributed by atoms with Gasteiger partial charge in [0.15, 0.2) is 0 Å². The fourth-order valence-electron chi connectivity index (χ4n) is 3.70. The zero-order valence-electron chi connectivity index (χ0n) is 16.4. The molecule has 1 aliphatic rings. The van der Waals surface area contributed by atoms with E-state index >= 15 is 0 Å². The minimum atomic E-state index is 0.524. The van der Waals surface area contributed by atoms with E-state index in [0.717, 1.165) is 47.7 Å². The smallest absolute Gasteiger partial charge is 0.201 e. The summed E-state index contributed by atoms with van der Waals surface area (Å²) in [5.41, 5.74) is 10.6. The number of hydrogen-bond donors (Lipinski definition) is 1. The van der Waals surface area contributed by atoms with E-state index in [1.54, 1.807) is 0 Å². The number of anilines is 1. The van der Waals surface area contributed by atoms with Crippen LogP contribution in [0.15, 0.2) is 66.7 Å². The van der Waals surface area contributed by atoms with Gasteiger partial charge in [0, 0.05) is 10.9 Å². The summed E-state index contributed by atoms with van der Waals surface area (Å²) in [5, 5.41) is 0.687. The maximum absolute atomic E-state index is 6.23. The van der Waals surface area contributed by atoms with E-state index in [0.29, 0.717) is 23.4 Å². The van der Waals surface area contributed by atoms with Crippen LogP contribution in [0.5, 0.6) is 11.5 Å². The van der Waals surface area contributed by atoms with Crippen molar-refractivity contribution in [3.8, 4) is 11.5 Å². The number of nitrogens with zero attached hydrogens (tertiary/aromatic N) is 2. The van der Waals surface area contributed by atoms with Crippen LogP contribution in [0, 0.1) is 5.92 Å². The van der Waals surface area contributed by atoms with Gasteiger partial charge in [-0.15, -0.1) is 0 Å². The number of hydrogen-bond acceptors (Lipinski definition) is 4. The Labute approximate surface area is 180 Å². The molecule has 3 aromatic carbocycles. The molecule has 2 N–H and O–H groups in total. The quantitative estimate of drug-likeness (QED) is 0.460. The Morgan fingerprint density at radius 3 is 2.30 bits per heavy atom. The SMILES string of the molecule is Nc1nc2ccc(CC3COC3)cc2n1Cc1ccc(Oc2ccc(Cl)cc2)cc1. The second kappa shape index (κ2) is 8.01. The average molecular weight is 420 g/mol. The lowest BCUT2D eigenvalue weighted by Crippen LogP contribution is -2.29. The van der Waals surface area contributed by atoms with E-state index in [2.05, 4.69) is 27.8 Å². The Morgan fingerprint density at radius 1 is 0.967 bits per heavy atom. The number of halogens is 1. The molecule has 0 atom stereocenters. The van der Waals surface area contributed by atoms with Crippen LogP contribution in [0.2, 0.25) is 5.02 Å². The molecular formula is C24H22ClN3O2. The summed E-state index contributed by atoms with van der Waals surface area (Å²) in [6, 6.07) is 21.7. The fourth-order valence-corrected chi connectivity index (χ4v) is 3.83. The zero-order valence-corrected chi connectivity index (χ0v) is 17.2. The van der Waals surface area contributed by atoms with Gasteiger partial charge in [0.05, 0.1) is 30.8 Å². The van der Waals surface area contributed by atoms with Gasteiger partial charge in [-0.25, -0.2) is 4.98 Å². The molecule has 1 saturated heterocycles. The van der Waals surface area contributed by atoms with Crippen molar-refractivity contribution in [2.75, 3.05) is 18.9 Å². The Bertz CT molecular complexity index is 1170. The molecule has 6 heteroatoms. The summed E-state index contributed by atoms with van der Waals surface area (Å²) < 4.78 is 13.2. The molecule has 0 aliphatic carbocycles. The van der Waals surface area contributed by atoms with Crippen LogP contribution in [-0.4, -0.2) is 22.8 Å². The van der Waals surface area contributed by atoms with Crippen molar-refractivity contribution in [2.24, 2.45) is 5.92 Å². The zero-order chi connectivity index (χ0) is 20.5. The molecule has 152 valence electrons. The van der Waals surface area contributed by atoms with E-state index in [1.165, 1.54) is 5.56 Å². The number of benzene rings is 3. The van der Waals surface area contributed by atoms with Crippen molar-refractivity contribution >= 4 is 28.6 Å². The highest BCUT2D eigenvalue weighted by Gasteiger charge is 2.19. The van der Waals surface area contributed by atoms with Crippen LogP contribution in [-0.2, 0) is 17.7 Å². The van der Waals surface area contributed by atoms with Crippen LogP contribution in [0.25, 0.3) is 11.0 Å². The summed E-state index contributed by atoms with van der Waals surface area (Å²) in [4.78, 5) is 4.52. The highest BCUT2D eigenvalue weighted by molar-refractivity contribution is 6.30. The fraction of sp³-hybridized carbons (Fsp3) is 0.208. The molecule has 2 heterocycles. The maximum Gasteiger partial charge on any atom is 0.201 e. The molecule has 0 unspecified atom stereocenters. The van der Waals surface area contributed by atoms with Gasteiger partial charge in [0.2, 0.25) is 5.95 Å². The molecule has 1 aromatic heterocycles. The third-order valence-electron chi connectivity index (χ3n) is 5.39. The Kier molecular flexibility index (Phi) is 5.07. The molecule has 5 rings (SSSR count). The molecule has 30 heavy (non-hydrogen) atoms. The summed E-state index contributed by atoms with van der Waals surface area (Å²) in [7, 11) is 0. The standard InChI is InChI=1S/C24H22ClN3O2/c25-19-4-8-21(9-5-19)30-20-6-1-16(2-7-20)13-28-23-12-17(11-18-14-29-15-18)3-10-22(23)27-24(28)26/h1-10,12,18H,11,13-15H2,(H2,26,27). The summed E-state index contributed by atoms with van der Waals surface area (Å²) >= 11 is 5.92. The average Bonchev–Trinajstić information content (AvgIpc) is 3.03. The van der Waals surface area contributed by atoms with Gasteiger partial charge in [0.25, 0.3) is 0 Å². The third kappa shape index (κ3) is 3.99. The number of ether oxygens (including phenoxy) is 2. The van der Waals surface area contributed by atoms with E-state index in [9.17, 15) is 0 Å². The van der Waals surface area contributed by atoms with Crippen LogP contribution in [0.1, 0.15) is 11.1 Å². The van der Waals surface area contributed by atoms with Gasteiger partial charge in [0.1, 0.15) is 11.5 Å². The lowest BCUT2D eigenvalue weighted by atomic mass is 9.98. The van der Waals surface area contributed by atoms with Crippen molar-refractivity contribution in [3.63, 3.8) is 0 Å². The lowest BCUT2D eigenvalue weighted by Gasteiger charge is -2.25. The number of aromatic nitrogens is 2. The van der Waals surface area contributed by atoms with Gasteiger partial charge in [-0.3, -0.25) is 0 Å². The molecule has 0 spiro atoms. The minimum absolute atomic E-state index is 0.524. The van der Waals surface area contributed by atoms with Crippen molar-refractivity contribution in [2.45, 2.75) is 13.0 Å². The molecule has 0 saturated carbocycles.